The van der Waals surface area contributed by atoms with Crippen LogP contribution >= 0.6 is 0 Å². The van der Waals surface area contributed by atoms with E-state index in [1.807, 2.05) is 25.1 Å². The molecule has 0 aromatic heterocycles. The predicted octanol–water partition coefficient (Wildman–Crippen LogP) is 5.89. The third-order valence-electron chi connectivity index (χ3n) is 4.83. The Morgan fingerprint density at radius 3 is 2.20 bits per heavy atom. The third-order valence-corrected chi connectivity index (χ3v) is 4.83. The highest BCUT2D eigenvalue weighted by molar-refractivity contribution is 5.87. The van der Waals surface area contributed by atoms with Crippen molar-refractivity contribution in [3.8, 4) is 11.1 Å². The van der Waals surface area contributed by atoms with Crippen molar-refractivity contribution in [1.82, 2.24) is 5.32 Å². The molecule has 2 atom stereocenters. The van der Waals surface area contributed by atoms with Crippen LogP contribution in [0.1, 0.15) is 19.4 Å². The summed E-state index contributed by atoms with van der Waals surface area (Å²) < 4.78 is 25.5. The first-order valence-electron chi connectivity index (χ1n) is 8.64. The van der Waals surface area contributed by atoms with E-state index < -0.39 is 12.3 Å². The average molecular weight is 339 g/mol. The summed E-state index contributed by atoms with van der Waals surface area (Å²) >= 11 is 0. The fraction of sp³-hybridized carbons (Fsp3) is 0.273. The van der Waals surface area contributed by atoms with E-state index in [9.17, 15) is 8.78 Å². The molecule has 0 fully saturated rings. The molecule has 1 N–H and O–H groups in total. The summed E-state index contributed by atoms with van der Waals surface area (Å²) in [5, 5.41) is 5.54. The SMILES string of the molecule is CC(NCc1ccc2cc(-c3ccccc3)ccc2c1)C(C)C(F)F. The summed E-state index contributed by atoms with van der Waals surface area (Å²) in [6.07, 6.45) is -2.30. The lowest BCUT2D eigenvalue weighted by molar-refractivity contribution is 0.0681. The van der Waals surface area contributed by atoms with Crippen LogP contribution < -0.4 is 5.32 Å². The molecule has 3 rings (SSSR count). The summed E-state index contributed by atoms with van der Waals surface area (Å²) in [5.41, 5.74) is 3.50. The minimum atomic E-state index is -2.30. The van der Waals surface area contributed by atoms with Gasteiger partial charge < -0.3 is 5.32 Å². The topological polar surface area (TPSA) is 12.0 Å². The summed E-state index contributed by atoms with van der Waals surface area (Å²) in [5.74, 6) is -0.658. The number of fused-ring (bicyclic) bond motifs is 1. The molecular formula is C22H23F2N. The normalized spacial score (nSPS) is 14.0. The van der Waals surface area contributed by atoms with Crippen LogP contribution in [-0.4, -0.2) is 12.5 Å². The van der Waals surface area contributed by atoms with Crippen LogP contribution in [-0.2, 0) is 6.54 Å². The molecule has 0 saturated heterocycles. The van der Waals surface area contributed by atoms with Crippen LogP contribution in [0.5, 0.6) is 0 Å². The monoisotopic (exact) mass is 339 g/mol. The molecule has 3 aromatic rings. The van der Waals surface area contributed by atoms with Gasteiger partial charge in [0.1, 0.15) is 0 Å². The van der Waals surface area contributed by atoms with E-state index in [1.54, 1.807) is 6.92 Å². The molecule has 25 heavy (non-hydrogen) atoms. The van der Waals surface area contributed by atoms with E-state index in [-0.39, 0.29) is 6.04 Å². The number of rotatable bonds is 6. The molecule has 1 nitrogen and oxygen atoms in total. The number of halogens is 2. The highest BCUT2D eigenvalue weighted by atomic mass is 19.3. The Balaban J connectivity index is 1.75. The second kappa shape index (κ2) is 7.75. The van der Waals surface area contributed by atoms with Gasteiger partial charge in [-0.1, -0.05) is 61.5 Å². The molecule has 130 valence electrons. The van der Waals surface area contributed by atoms with Gasteiger partial charge in [-0.2, -0.15) is 0 Å². The lowest BCUT2D eigenvalue weighted by Crippen LogP contribution is -2.35. The van der Waals surface area contributed by atoms with Gasteiger partial charge in [-0.05, 0) is 46.5 Å². The highest BCUT2D eigenvalue weighted by Crippen LogP contribution is 2.25. The Bertz CT molecular complexity index is 830. The summed E-state index contributed by atoms with van der Waals surface area (Å²) in [4.78, 5) is 0. The number of alkyl halides is 2. The minimum absolute atomic E-state index is 0.226. The maximum atomic E-state index is 12.8. The van der Waals surface area contributed by atoms with Crippen LogP contribution in [0.15, 0.2) is 66.7 Å². The number of benzene rings is 3. The molecule has 2 unspecified atom stereocenters. The largest absolute Gasteiger partial charge is 0.310 e. The van der Waals surface area contributed by atoms with Crippen molar-refractivity contribution < 1.29 is 8.78 Å². The molecule has 0 amide bonds. The Morgan fingerprint density at radius 2 is 1.48 bits per heavy atom. The quantitative estimate of drug-likeness (QED) is 0.591. The lowest BCUT2D eigenvalue weighted by Gasteiger charge is -2.20. The zero-order valence-electron chi connectivity index (χ0n) is 14.5. The maximum absolute atomic E-state index is 12.8. The van der Waals surface area contributed by atoms with Crippen LogP contribution in [0.2, 0.25) is 0 Å². The number of hydrogen-bond donors (Lipinski definition) is 1. The molecule has 0 aliphatic heterocycles. The zero-order valence-corrected chi connectivity index (χ0v) is 14.5. The van der Waals surface area contributed by atoms with Crippen LogP contribution in [0.3, 0.4) is 0 Å². The molecular weight excluding hydrogens is 316 g/mol. The molecule has 0 heterocycles. The van der Waals surface area contributed by atoms with E-state index in [4.69, 9.17) is 0 Å². The van der Waals surface area contributed by atoms with Crippen molar-refractivity contribution in [2.75, 3.05) is 0 Å². The van der Waals surface area contributed by atoms with Gasteiger partial charge in [0.15, 0.2) is 0 Å². The van der Waals surface area contributed by atoms with E-state index in [0.717, 1.165) is 10.9 Å². The van der Waals surface area contributed by atoms with Gasteiger partial charge in [0, 0.05) is 18.5 Å². The molecule has 3 aromatic carbocycles. The van der Waals surface area contributed by atoms with E-state index in [0.29, 0.717) is 6.54 Å². The molecule has 0 aliphatic carbocycles. The highest BCUT2D eigenvalue weighted by Gasteiger charge is 2.21. The van der Waals surface area contributed by atoms with E-state index >= 15 is 0 Å². The van der Waals surface area contributed by atoms with Crippen molar-refractivity contribution in [2.24, 2.45) is 5.92 Å². The van der Waals surface area contributed by atoms with Crippen molar-refractivity contribution >= 4 is 10.8 Å². The summed E-state index contributed by atoms with van der Waals surface area (Å²) in [7, 11) is 0. The van der Waals surface area contributed by atoms with Crippen molar-refractivity contribution in [1.29, 1.82) is 0 Å². The van der Waals surface area contributed by atoms with Crippen molar-refractivity contribution in [2.45, 2.75) is 32.9 Å². The predicted molar refractivity (Wildman–Crippen MR) is 101 cm³/mol. The van der Waals surface area contributed by atoms with Gasteiger partial charge >= 0.3 is 0 Å². The van der Waals surface area contributed by atoms with Gasteiger partial charge in [-0.25, -0.2) is 8.78 Å². The average Bonchev–Trinajstić information content (AvgIpc) is 2.65. The fourth-order valence-electron chi connectivity index (χ4n) is 2.90. The third kappa shape index (κ3) is 4.23. The molecule has 0 aliphatic rings. The summed E-state index contributed by atoms with van der Waals surface area (Å²) in [6, 6.07) is 22.8. The summed E-state index contributed by atoms with van der Waals surface area (Å²) in [6.45, 7) is 3.98. The molecule has 0 saturated carbocycles. The first-order valence-corrected chi connectivity index (χ1v) is 8.64. The van der Waals surface area contributed by atoms with Crippen LogP contribution in [0.4, 0.5) is 8.78 Å². The molecule has 0 radical (unpaired) electrons. The van der Waals surface area contributed by atoms with E-state index in [2.05, 4.69) is 53.8 Å². The Labute approximate surface area is 147 Å². The van der Waals surface area contributed by atoms with Crippen molar-refractivity contribution in [3.05, 3.63) is 72.3 Å². The number of hydrogen-bond acceptors (Lipinski definition) is 1. The van der Waals surface area contributed by atoms with E-state index in [1.165, 1.54) is 16.5 Å². The second-order valence-corrected chi connectivity index (χ2v) is 6.63. The molecule has 0 spiro atoms. The first kappa shape index (κ1) is 17.6. The zero-order chi connectivity index (χ0) is 17.8. The molecule has 0 bridgehead atoms. The van der Waals surface area contributed by atoms with Gasteiger partial charge in [0.2, 0.25) is 6.43 Å². The Hall–Kier alpha value is -2.26. The van der Waals surface area contributed by atoms with Crippen molar-refractivity contribution in [3.63, 3.8) is 0 Å². The lowest BCUT2D eigenvalue weighted by atomic mass is 9.99. The van der Waals surface area contributed by atoms with Gasteiger partial charge in [0.05, 0.1) is 0 Å². The Kier molecular flexibility index (Phi) is 5.44. The first-order chi connectivity index (χ1) is 12.0. The van der Waals surface area contributed by atoms with Gasteiger partial charge in [-0.3, -0.25) is 0 Å². The smallest absolute Gasteiger partial charge is 0.242 e. The Morgan fingerprint density at radius 1 is 0.800 bits per heavy atom. The second-order valence-electron chi connectivity index (χ2n) is 6.63. The van der Waals surface area contributed by atoms with Crippen LogP contribution in [0.25, 0.3) is 21.9 Å². The van der Waals surface area contributed by atoms with Gasteiger partial charge in [0.25, 0.3) is 0 Å². The standard InChI is InChI=1S/C22H23F2N/c1-15(22(23)24)16(2)25-14-17-8-9-21-13-20(11-10-19(21)12-17)18-6-4-3-5-7-18/h3-13,15-16,22,25H,14H2,1-2H3. The van der Waals surface area contributed by atoms with Gasteiger partial charge in [-0.15, -0.1) is 0 Å². The maximum Gasteiger partial charge on any atom is 0.242 e. The minimum Gasteiger partial charge on any atom is -0.310 e. The van der Waals surface area contributed by atoms with Crippen LogP contribution in [0, 0.1) is 5.92 Å². The fourth-order valence-corrected chi connectivity index (χ4v) is 2.90. The number of nitrogens with one attached hydrogen (secondary N) is 1. The molecule has 3 heteroatoms.